The molecule has 47 heavy (non-hydrogen) atoms. The second kappa shape index (κ2) is 14.2. The largest absolute Gasteiger partial charge is 0.305 e. The molecule has 5 heteroatoms. The maximum atomic E-state index is 4.82. The van der Waals surface area contributed by atoms with Gasteiger partial charge in [-0.15, -0.1) is 59.7 Å². The van der Waals surface area contributed by atoms with Gasteiger partial charge in [0.1, 0.15) is 0 Å². The van der Waals surface area contributed by atoms with E-state index >= 15 is 0 Å². The fraction of sp³-hybridized carbons (Fsp3) is 0.190. The van der Waals surface area contributed by atoms with Gasteiger partial charge in [-0.3, -0.25) is 0 Å². The zero-order chi connectivity index (χ0) is 31.7. The van der Waals surface area contributed by atoms with Crippen LogP contribution >= 0.6 is 11.3 Å². The molecule has 0 unspecified atom stereocenters. The Morgan fingerprint density at radius 1 is 0.745 bits per heavy atom. The van der Waals surface area contributed by atoms with Crippen molar-refractivity contribution < 1.29 is 20.1 Å². The molecule has 1 aliphatic carbocycles. The molecule has 3 aromatic heterocycles. The average Bonchev–Trinajstić information content (AvgIpc) is 3.47. The molecule has 1 radical (unpaired) electrons. The molecule has 0 saturated carbocycles. The summed E-state index contributed by atoms with van der Waals surface area (Å²) in [6.07, 6.45) is 8.88. The summed E-state index contributed by atoms with van der Waals surface area (Å²) in [6, 6.07) is 40.8. The van der Waals surface area contributed by atoms with E-state index in [1.807, 2.05) is 35.7 Å². The topological polar surface area (TPSA) is 25.8 Å². The average molecular weight is 823 g/mol. The number of thiophene rings is 1. The number of hydrogen-bond donors (Lipinski definition) is 0. The number of hydrogen-bond acceptors (Lipinski definition) is 3. The van der Waals surface area contributed by atoms with Gasteiger partial charge in [0.05, 0.1) is 8.07 Å². The fourth-order valence-electron chi connectivity index (χ4n) is 6.65. The van der Waals surface area contributed by atoms with E-state index in [1.165, 1.54) is 78.0 Å². The van der Waals surface area contributed by atoms with Gasteiger partial charge in [0.25, 0.3) is 0 Å². The van der Waals surface area contributed by atoms with Crippen molar-refractivity contribution in [2.24, 2.45) is 0 Å². The first-order chi connectivity index (χ1) is 22.4. The molecule has 4 aromatic carbocycles. The minimum absolute atomic E-state index is 0. The molecule has 2 nitrogen and oxygen atoms in total. The minimum atomic E-state index is -1.27. The number of pyridine rings is 2. The van der Waals surface area contributed by atoms with Gasteiger partial charge in [-0.05, 0) is 82.5 Å². The van der Waals surface area contributed by atoms with Crippen LogP contribution in [0.3, 0.4) is 0 Å². The smallest absolute Gasteiger partial charge is 0.0798 e. The first-order valence-electron chi connectivity index (χ1n) is 16.2. The number of benzene rings is 4. The van der Waals surface area contributed by atoms with Gasteiger partial charge in [0.15, 0.2) is 0 Å². The van der Waals surface area contributed by atoms with E-state index in [2.05, 4.69) is 129 Å². The van der Waals surface area contributed by atoms with Crippen LogP contribution in [0.25, 0.3) is 53.8 Å². The molecular formula is C42H38IrN2SSi-2. The quantitative estimate of drug-likeness (QED) is 0.131. The summed E-state index contributed by atoms with van der Waals surface area (Å²) in [5.74, 6) is 0. The Kier molecular flexibility index (Phi) is 10.0. The van der Waals surface area contributed by atoms with Crippen molar-refractivity contribution in [3.63, 3.8) is 0 Å². The summed E-state index contributed by atoms with van der Waals surface area (Å²) in [5.41, 5.74) is 11.2. The first-order valence-corrected chi connectivity index (χ1v) is 20.5. The number of nitrogens with zero attached hydrogens (tertiary/aromatic N) is 2. The zero-order valence-electron chi connectivity index (χ0n) is 27.4. The summed E-state index contributed by atoms with van der Waals surface area (Å²) < 4.78 is 2.63. The molecule has 1 aliphatic rings. The van der Waals surface area contributed by atoms with Crippen molar-refractivity contribution in [2.45, 2.75) is 52.2 Å². The molecule has 7 aromatic rings. The minimum Gasteiger partial charge on any atom is -0.305 e. The van der Waals surface area contributed by atoms with Gasteiger partial charge >= 0.3 is 0 Å². The van der Waals surface area contributed by atoms with Crippen LogP contribution in [-0.4, -0.2) is 18.0 Å². The van der Waals surface area contributed by atoms with Crippen LogP contribution in [0.1, 0.15) is 29.5 Å². The van der Waals surface area contributed by atoms with Crippen LogP contribution in [-0.2, 0) is 32.9 Å². The predicted molar refractivity (Wildman–Crippen MR) is 200 cm³/mol. The van der Waals surface area contributed by atoms with Gasteiger partial charge in [0.2, 0.25) is 0 Å². The SMILES string of the molecule is Cc1cc(-c2[c-]cccc2)ncc1[Si](C)(C)C.[Ir].[c-]1ccc2c(sc3cc(-c4ccccc4)ccc32)c1-c1nccc2c1CCCC2. The Hall–Kier alpha value is -3.73. The van der Waals surface area contributed by atoms with Crippen molar-refractivity contribution in [3.8, 4) is 33.6 Å². The van der Waals surface area contributed by atoms with E-state index in [0.29, 0.717) is 0 Å². The molecule has 3 heterocycles. The molecule has 0 fully saturated rings. The summed E-state index contributed by atoms with van der Waals surface area (Å²) in [4.78, 5) is 9.40. The monoisotopic (exact) mass is 823 g/mol. The molecule has 0 spiro atoms. The van der Waals surface area contributed by atoms with Gasteiger partial charge in [-0.25, -0.2) is 0 Å². The van der Waals surface area contributed by atoms with Crippen LogP contribution in [0.2, 0.25) is 19.6 Å². The van der Waals surface area contributed by atoms with Gasteiger partial charge in [0, 0.05) is 37.2 Å². The van der Waals surface area contributed by atoms with Crippen molar-refractivity contribution in [3.05, 3.63) is 138 Å². The van der Waals surface area contributed by atoms with Gasteiger partial charge < -0.3 is 9.97 Å². The number of fused-ring (bicyclic) bond motifs is 4. The van der Waals surface area contributed by atoms with E-state index in [0.717, 1.165) is 23.4 Å². The Labute approximate surface area is 297 Å². The van der Waals surface area contributed by atoms with Gasteiger partial charge in [-0.2, -0.15) is 11.3 Å². The molecule has 0 atom stereocenters. The van der Waals surface area contributed by atoms with Crippen LogP contribution in [0.4, 0.5) is 0 Å². The van der Waals surface area contributed by atoms with Crippen molar-refractivity contribution in [1.29, 1.82) is 0 Å². The first kappa shape index (κ1) is 33.2. The van der Waals surface area contributed by atoms with Crippen molar-refractivity contribution in [2.75, 3.05) is 0 Å². The standard InChI is InChI=1S/C27H20NS.C15H18NSi.Ir/c1-2-7-18(8-3-1)20-13-14-22-23-11-6-12-24(27(23)29-25(22)17-20)26-21-10-5-4-9-19(21)15-16-28-26;1-12-10-14(13-8-6-5-7-9-13)16-11-15(12)17(2,3)4;/h1-3,6-8,11,13-17H,4-5,9-10H2;5-8,10-11H,1-4H3;/q2*-1;. The Morgan fingerprint density at radius 2 is 1.55 bits per heavy atom. The molecule has 0 amide bonds. The zero-order valence-corrected chi connectivity index (χ0v) is 31.6. The molecule has 0 aliphatic heterocycles. The molecular weight excluding hydrogens is 785 g/mol. The molecule has 8 rings (SSSR count). The van der Waals surface area contributed by atoms with Crippen LogP contribution < -0.4 is 5.19 Å². The summed E-state index contributed by atoms with van der Waals surface area (Å²) in [6.45, 7) is 9.24. The fourth-order valence-corrected chi connectivity index (χ4v) is 9.59. The maximum Gasteiger partial charge on any atom is 0.0798 e. The van der Waals surface area contributed by atoms with Crippen LogP contribution in [0.5, 0.6) is 0 Å². The van der Waals surface area contributed by atoms with Crippen molar-refractivity contribution in [1.82, 2.24) is 9.97 Å². The molecule has 0 bridgehead atoms. The third-order valence-electron chi connectivity index (χ3n) is 8.96. The van der Waals surface area contributed by atoms with E-state index < -0.39 is 8.07 Å². The van der Waals surface area contributed by atoms with Crippen molar-refractivity contribution >= 4 is 44.8 Å². The third kappa shape index (κ3) is 6.95. The maximum absolute atomic E-state index is 4.82. The Morgan fingerprint density at radius 3 is 2.32 bits per heavy atom. The number of aryl methyl sites for hydroxylation is 2. The second-order valence-electron chi connectivity index (χ2n) is 13.2. The van der Waals surface area contributed by atoms with E-state index in [9.17, 15) is 0 Å². The molecule has 237 valence electrons. The summed E-state index contributed by atoms with van der Waals surface area (Å²) in [7, 11) is -1.27. The summed E-state index contributed by atoms with van der Waals surface area (Å²) in [5, 5.41) is 4.08. The van der Waals surface area contributed by atoms with E-state index in [-0.39, 0.29) is 20.1 Å². The van der Waals surface area contributed by atoms with E-state index in [4.69, 9.17) is 4.98 Å². The van der Waals surface area contributed by atoms with Crippen LogP contribution in [0, 0.1) is 19.1 Å². The summed E-state index contributed by atoms with van der Waals surface area (Å²) >= 11 is 1.87. The Balaban J connectivity index is 0.000000185. The van der Waals surface area contributed by atoms with Crippen LogP contribution in [0.15, 0.2) is 109 Å². The normalized spacial score (nSPS) is 12.6. The predicted octanol–water partition coefficient (Wildman–Crippen LogP) is 10.9. The van der Waals surface area contributed by atoms with Gasteiger partial charge in [-0.1, -0.05) is 90.2 Å². The number of rotatable bonds is 4. The third-order valence-corrected chi connectivity index (χ3v) is 12.3. The van der Waals surface area contributed by atoms with E-state index in [1.54, 1.807) is 0 Å². The number of aromatic nitrogens is 2. The Bertz CT molecular complexity index is 2150. The molecule has 0 N–H and O–H groups in total. The second-order valence-corrected chi connectivity index (χ2v) is 19.3. The molecule has 0 saturated heterocycles.